The maximum Gasteiger partial charge on any atom is 0.323 e. The summed E-state index contributed by atoms with van der Waals surface area (Å²) in [4.78, 5) is 14.7. The number of carboxylic acids is 1. The second kappa shape index (κ2) is 5.10. The van der Waals surface area contributed by atoms with E-state index in [0.717, 1.165) is 5.56 Å². The molecule has 0 saturated carbocycles. The summed E-state index contributed by atoms with van der Waals surface area (Å²) < 4.78 is 6.55. The van der Waals surface area contributed by atoms with E-state index in [1.165, 1.54) is 10.9 Å². The minimum atomic E-state index is -0.910. The molecule has 1 heterocycles. The topological polar surface area (TPSA) is 64.3 Å². The smallest absolute Gasteiger partial charge is 0.323 e. The summed E-state index contributed by atoms with van der Waals surface area (Å²) >= 11 is 6.02. The van der Waals surface area contributed by atoms with Crippen LogP contribution < -0.4 is 4.74 Å². The molecule has 0 fully saturated rings. The Morgan fingerprint density at radius 1 is 1.56 bits per heavy atom. The van der Waals surface area contributed by atoms with E-state index in [9.17, 15) is 4.79 Å². The Balaban J connectivity index is 2.28. The third-order valence-corrected chi connectivity index (χ3v) is 2.69. The van der Waals surface area contributed by atoms with Gasteiger partial charge in [0.2, 0.25) is 0 Å². The zero-order chi connectivity index (χ0) is 13.1. The maximum absolute atomic E-state index is 10.6. The van der Waals surface area contributed by atoms with E-state index in [0.29, 0.717) is 16.5 Å². The lowest BCUT2D eigenvalue weighted by atomic mass is 10.1. The van der Waals surface area contributed by atoms with Gasteiger partial charge in [0.15, 0.2) is 0 Å². The number of imidazole rings is 1. The molecule has 0 amide bonds. The van der Waals surface area contributed by atoms with Crippen molar-refractivity contribution in [3.63, 3.8) is 0 Å². The van der Waals surface area contributed by atoms with Gasteiger partial charge in [0.25, 0.3) is 0 Å². The number of carbonyl (C=O) groups is 1. The largest absolute Gasteiger partial charge is 0.495 e. The number of hydrogen-bond acceptors (Lipinski definition) is 3. The van der Waals surface area contributed by atoms with Crippen LogP contribution >= 0.6 is 11.6 Å². The van der Waals surface area contributed by atoms with Crippen molar-refractivity contribution < 1.29 is 14.6 Å². The quantitative estimate of drug-likeness (QED) is 0.922. The molecule has 6 heteroatoms. The van der Waals surface area contributed by atoms with Crippen molar-refractivity contribution in [1.82, 2.24) is 9.55 Å². The lowest BCUT2D eigenvalue weighted by Crippen LogP contribution is -2.06. The first kappa shape index (κ1) is 12.4. The molecule has 0 atom stereocenters. The number of carboxylic acid groups (broad SMARTS) is 1. The summed E-state index contributed by atoms with van der Waals surface area (Å²) in [7, 11) is 1.54. The van der Waals surface area contributed by atoms with Gasteiger partial charge in [-0.05, 0) is 18.2 Å². The summed E-state index contributed by atoms with van der Waals surface area (Å²) in [6.07, 6.45) is 3.13. The molecule has 94 valence electrons. The molecular formula is C12H11ClN2O3. The second-order valence-corrected chi connectivity index (χ2v) is 4.08. The molecule has 0 bridgehead atoms. The van der Waals surface area contributed by atoms with Crippen molar-refractivity contribution in [1.29, 1.82) is 0 Å². The summed E-state index contributed by atoms with van der Waals surface area (Å²) in [5, 5.41) is 9.16. The number of halogens is 1. The van der Waals surface area contributed by atoms with E-state index < -0.39 is 5.97 Å². The van der Waals surface area contributed by atoms with Crippen LogP contribution in [0.5, 0.6) is 5.75 Å². The fourth-order valence-corrected chi connectivity index (χ4v) is 1.84. The lowest BCUT2D eigenvalue weighted by molar-refractivity contribution is -0.137. The van der Waals surface area contributed by atoms with Gasteiger partial charge in [-0.25, -0.2) is 4.98 Å². The molecule has 18 heavy (non-hydrogen) atoms. The first-order valence-corrected chi connectivity index (χ1v) is 5.55. The van der Waals surface area contributed by atoms with E-state index in [1.54, 1.807) is 25.4 Å². The van der Waals surface area contributed by atoms with E-state index in [1.807, 2.05) is 6.07 Å². The number of hydrogen-bond donors (Lipinski definition) is 1. The molecule has 0 aliphatic carbocycles. The first-order chi connectivity index (χ1) is 8.60. The lowest BCUT2D eigenvalue weighted by Gasteiger charge is -2.04. The average molecular weight is 267 g/mol. The van der Waals surface area contributed by atoms with Gasteiger partial charge in [0.05, 0.1) is 24.2 Å². The maximum atomic E-state index is 10.6. The molecule has 0 aliphatic rings. The van der Waals surface area contributed by atoms with Gasteiger partial charge in [-0.3, -0.25) is 4.79 Å². The molecule has 0 aliphatic heterocycles. The van der Waals surface area contributed by atoms with Crippen LogP contribution in [0.15, 0.2) is 30.7 Å². The Morgan fingerprint density at radius 3 is 2.94 bits per heavy atom. The Morgan fingerprint density at radius 2 is 2.33 bits per heavy atom. The molecule has 2 rings (SSSR count). The number of nitrogens with zero attached hydrogens (tertiary/aromatic N) is 2. The zero-order valence-electron chi connectivity index (χ0n) is 9.63. The number of benzene rings is 1. The molecule has 0 saturated heterocycles. The molecule has 0 unspecified atom stereocenters. The summed E-state index contributed by atoms with van der Waals surface area (Å²) in [6, 6.07) is 5.29. The Hall–Kier alpha value is -2.01. The van der Waals surface area contributed by atoms with Gasteiger partial charge in [-0.2, -0.15) is 0 Å². The van der Waals surface area contributed by atoms with Crippen molar-refractivity contribution in [2.45, 2.75) is 6.54 Å². The Labute approximate surface area is 109 Å². The zero-order valence-corrected chi connectivity index (χ0v) is 10.4. The Bertz CT molecular complexity index is 580. The summed E-state index contributed by atoms with van der Waals surface area (Å²) in [5.41, 5.74) is 1.48. The normalized spacial score (nSPS) is 10.3. The Kier molecular flexibility index (Phi) is 3.53. The number of ether oxygens (including phenoxy) is 1. The van der Waals surface area contributed by atoms with Crippen molar-refractivity contribution >= 4 is 17.6 Å². The summed E-state index contributed by atoms with van der Waals surface area (Å²) in [5.74, 6) is -0.322. The third kappa shape index (κ3) is 2.62. The van der Waals surface area contributed by atoms with Gasteiger partial charge in [0, 0.05) is 11.8 Å². The fraction of sp³-hybridized carbons (Fsp3) is 0.167. The highest BCUT2D eigenvalue weighted by Crippen LogP contribution is 2.29. The number of aromatic nitrogens is 2. The van der Waals surface area contributed by atoms with Gasteiger partial charge in [-0.15, -0.1) is 0 Å². The average Bonchev–Trinajstić information content (AvgIpc) is 2.76. The van der Waals surface area contributed by atoms with Crippen LogP contribution in [0.2, 0.25) is 5.02 Å². The number of rotatable bonds is 4. The van der Waals surface area contributed by atoms with Crippen LogP contribution in [0.3, 0.4) is 0 Å². The minimum absolute atomic E-state index is 0.114. The van der Waals surface area contributed by atoms with Crippen molar-refractivity contribution in [3.8, 4) is 17.0 Å². The first-order valence-electron chi connectivity index (χ1n) is 5.17. The highest BCUT2D eigenvalue weighted by Gasteiger charge is 2.07. The van der Waals surface area contributed by atoms with Gasteiger partial charge in [0.1, 0.15) is 12.3 Å². The van der Waals surface area contributed by atoms with Gasteiger partial charge >= 0.3 is 5.97 Å². The predicted molar refractivity (Wildman–Crippen MR) is 66.9 cm³/mol. The molecule has 5 nitrogen and oxygen atoms in total. The molecule has 2 aromatic rings. The van der Waals surface area contributed by atoms with Crippen molar-refractivity contribution in [3.05, 3.63) is 35.7 Å². The third-order valence-electron chi connectivity index (χ3n) is 2.40. The van der Waals surface area contributed by atoms with E-state index in [2.05, 4.69) is 4.98 Å². The molecule has 1 aromatic carbocycles. The van der Waals surface area contributed by atoms with Crippen LogP contribution in [0.4, 0.5) is 0 Å². The fourth-order valence-electron chi connectivity index (χ4n) is 1.58. The minimum Gasteiger partial charge on any atom is -0.495 e. The number of aliphatic carboxylic acids is 1. The van der Waals surface area contributed by atoms with Crippen LogP contribution in [-0.4, -0.2) is 27.7 Å². The monoisotopic (exact) mass is 266 g/mol. The van der Waals surface area contributed by atoms with E-state index in [-0.39, 0.29) is 6.54 Å². The van der Waals surface area contributed by atoms with Crippen molar-refractivity contribution in [2.75, 3.05) is 7.11 Å². The van der Waals surface area contributed by atoms with Gasteiger partial charge < -0.3 is 14.4 Å². The standard InChI is InChI=1S/C12H11ClN2O3/c1-18-11-3-2-8(4-9(11)13)10-5-15(7-14-10)6-12(16)17/h2-5,7H,6H2,1H3,(H,16,17). The predicted octanol–water partition coefficient (Wildman–Crippen LogP) is 2.30. The van der Waals surface area contributed by atoms with Gasteiger partial charge in [-0.1, -0.05) is 11.6 Å². The molecule has 1 aromatic heterocycles. The molecule has 1 N–H and O–H groups in total. The highest BCUT2D eigenvalue weighted by atomic mass is 35.5. The molecule has 0 radical (unpaired) electrons. The highest BCUT2D eigenvalue weighted by molar-refractivity contribution is 6.32. The van der Waals surface area contributed by atoms with E-state index in [4.69, 9.17) is 21.4 Å². The van der Waals surface area contributed by atoms with Crippen LogP contribution in [-0.2, 0) is 11.3 Å². The summed E-state index contributed by atoms with van der Waals surface area (Å²) in [6.45, 7) is -0.114. The molecule has 0 spiro atoms. The second-order valence-electron chi connectivity index (χ2n) is 3.67. The van der Waals surface area contributed by atoms with Crippen molar-refractivity contribution in [2.24, 2.45) is 0 Å². The number of methoxy groups -OCH3 is 1. The molecular weight excluding hydrogens is 256 g/mol. The SMILES string of the molecule is COc1ccc(-c2cn(CC(=O)O)cn2)cc1Cl. The van der Waals surface area contributed by atoms with E-state index >= 15 is 0 Å². The van der Waals surface area contributed by atoms with Crippen LogP contribution in [0.25, 0.3) is 11.3 Å². The van der Waals surface area contributed by atoms with Crippen LogP contribution in [0, 0.1) is 0 Å². The van der Waals surface area contributed by atoms with Crippen LogP contribution in [0.1, 0.15) is 0 Å².